The van der Waals surface area contributed by atoms with Crippen molar-refractivity contribution in [3.05, 3.63) is 73.4 Å². The lowest BCUT2D eigenvalue weighted by Gasteiger charge is -2.39. The molecule has 0 spiro atoms. The van der Waals surface area contributed by atoms with Crippen molar-refractivity contribution in [3.63, 3.8) is 0 Å². The number of allylic oxidation sites excluding steroid dienone is 5. The van der Waals surface area contributed by atoms with E-state index in [4.69, 9.17) is 10.1 Å². The second-order valence-electron chi connectivity index (χ2n) is 9.41. The largest absolute Gasteiger partial charge is 0.494 e. The highest BCUT2D eigenvalue weighted by atomic mass is 16.5. The lowest BCUT2D eigenvalue weighted by molar-refractivity contribution is -0.111. The maximum Gasteiger partial charge on any atom is 0.247 e. The molecule has 1 aliphatic heterocycles. The van der Waals surface area contributed by atoms with Gasteiger partial charge in [0.05, 0.1) is 29.9 Å². The minimum atomic E-state index is -0.284. The van der Waals surface area contributed by atoms with Crippen LogP contribution in [-0.2, 0) is 4.79 Å². The number of amides is 1. The van der Waals surface area contributed by atoms with Crippen LogP contribution in [0.25, 0.3) is 5.57 Å². The number of carbonyl (C=O) groups excluding carboxylic acids is 1. The van der Waals surface area contributed by atoms with E-state index >= 15 is 0 Å². The van der Waals surface area contributed by atoms with Crippen LogP contribution in [0, 0.1) is 5.41 Å². The first-order valence-electron chi connectivity index (χ1n) is 13.9. The van der Waals surface area contributed by atoms with Gasteiger partial charge in [-0.25, -0.2) is 9.97 Å². The number of carbonyl (C=O) groups is 1. The highest BCUT2D eigenvalue weighted by Crippen LogP contribution is 2.39. The molecule has 1 fully saturated rings. The van der Waals surface area contributed by atoms with Gasteiger partial charge < -0.3 is 35.9 Å². The second-order valence-corrected chi connectivity index (χ2v) is 9.41. The zero-order chi connectivity index (χ0) is 29.6. The molecule has 2 heterocycles. The molecule has 0 unspecified atom stereocenters. The van der Waals surface area contributed by atoms with Crippen LogP contribution in [0.1, 0.15) is 32.4 Å². The predicted molar refractivity (Wildman–Crippen MR) is 169 cm³/mol. The van der Waals surface area contributed by atoms with E-state index in [1.807, 2.05) is 37.4 Å². The van der Waals surface area contributed by atoms with Crippen LogP contribution in [0.15, 0.2) is 67.7 Å². The van der Waals surface area contributed by atoms with Gasteiger partial charge in [-0.05, 0) is 56.4 Å². The van der Waals surface area contributed by atoms with Crippen LogP contribution in [-0.4, -0.2) is 73.4 Å². The lowest BCUT2D eigenvalue weighted by Crippen LogP contribution is -2.45. The molecular formula is C31H42N8O2. The van der Waals surface area contributed by atoms with E-state index < -0.39 is 0 Å². The third kappa shape index (κ3) is 8.52. The van der Waals surface area contributed by atoms with Crippen molar-refractivity contribution in [1.82, 2.24) is 20.2 Å². The van der Waals surface area contributed by atoms with E-state index in [9.17, 15) is 4.79 Å². The summed E-state index contributed by atoms with van der Waals surface area (Å²) in [4.78, 5) is 26.1. The Kier molecular flexibility index (Phi) is 12.1. The van der Waals surface area contributed by atoms with E-state index in [0.717, 1.165) is 50.3 Å². The number of anilines is 4. The minimum Gasteiger partial charge on any atom is -0.494 e. The summed E-state index contributed by atoms with van der Waals surface area (Å²) in [6.45, 7) is 11.9. The average molecular weight is 559 g/mol. The number of rotatable bonds is 14. The van der Waals surface area contributed by atoms with Gasteiger partial charge in [0.25, 0.3) is 0 Å². The monoisotopic (exact) mass is 558 g/mol. The van der Waals surface area contributed by atoms with E-state index in [1.54, 1.807) is 25.5 Å². The predicted octanol–water partition coefficient (Wildman–Crippen LogP) is 4.99. The Labute approximate surface area is 243 Å². The van der Waals surface area contributed by atoms with Crippen molar-refractivity contribution in [2.24, 2.45) is 0 Å². The van der Waals surface area contributed by atoms with Gasteiger partial charge in [0.1, 0.15) is 17.9 Å². The van der Waals surface area contributed by atoms with E-state index in [-0.39, 0.29) is 5.91 Å². The van der Waals surface area contributed by atoms with Crippen LogP contribution >= 0.6 is 0 Å². The van der Waals surface area contributed by atoms with Crippen molar-refractivity contribution in [3.8, 4) is 5.75 Å². The molecule has 4 N–H and O–H groups in total. The second kappa shape index (κ2) is 16.0. The summed E-state index contributed by atoms with van der Waals surface area (Å²) in [5, 5.41) is 16.5. The molecule has 0 saturated carbocycles. The quantitative estimate of drug-likeness (QED) is 0.146. The van der Waals surface area contributed by atoms with Crippen molar-refractivity contribution >= 4 is 40.6 Å². The SMILES string of the molecule is C=CC(=O)Nc1cc(Nc2cc(C(/C=C/NC)=C/C=C/C=N)ncn2)c(OC)cc1N1CCC(N(CC)CC)CC1. The smallest absolute Gasteiger partial charge is 0.247 e. The van der Waals surface area contributed by atoms with Crippen LogP contribution in [0.2, 0.25) is 0 Å². The van der Waals surface area contributed by atoms with Gasteiger partial charge in [0.2, 0.25) is 5.91 Å². The van der Waals surface area contributed by atoms with Gasteiger partial charge in [-0.2, -0.15) is 0 Å². The first-order valence-corrected chi connectivity index (χ1v) is 13.9. The van der Waals surface area contributed by atoms with Gasteiger partial charge in [-0.15, -0.1) is 0 Å². The minimum absolute atomic E-state index is 0.284. The highest BCUT2D eigenvalue weighted by molar-refractivity contribution is 6.02. The molecule has 3 rings (SSSR count). The normalized spacial score (nSPS) is 14.5. The molecule has 2 aromatic rings. The van der Waals surface area contributed by atoms with Crippen molar-refractivity contribution < 1.29 is 9.53 Å². The molecule has 10 heteroatoms. The van der Waals surface area contributed by atoms with E-state index in [2.05, 4.69) is 56.1 Å². The number of ether oxygens (including phenoxy) is 1. The molecule has 0 aliphatic carbocycles. The Morgan fingerprint density at radius 1 is 1.17 bits per heavy atom. The Balaban J connectivity index is 1.95. The summed E-state index contributed by atoms with van der Waals surface area (Å²) in [5.74, 6) is 0.901. The zero-order valence-electron chi connectivity index (χ0n) is 24.5. The maximum absolute atomic E-state index is 12.4. The molecule has 10 nitrogen and oxygen atoms in total. The molecule has 1 amide bonds. The summed E-state index contributed by atoms with van der Waals surface area (Å²) in [7, 11) is 3.45. The number of nitrogens with one attached hydrogen (secondary N) is 4. The molecule has 1 saturated heterocycles. The Morgan fingerprint density at radius 3 is 2.56 bits per heavy atom. The van der Waals surface area contributed by atoms with Gasteiger partial charge in [0, 0.05) is 50.1 Å². The number of hydrogen-bond donors (Lipinski definition) is 4. The summed E-state index contributed by atoms with van der Waals surface area (Å²) >= 11 is 0. The van der Waals surface area contributed by atoms with Gasteiger partial charge >= 0.3 is 0 Å². The Bertz CT molecular complexity index is 1270. The van der Waals surface area contributed by atoms with Crippen LogP contribution in [0.5, 0.6) is 5.75 Å². The first-order chi connectivity index (χ1) is 20.0. The molecule has 218 valence electrons. The Morgan fingerprint density at radius 2 is 1.93 bits per heavy atom. The molecule has 1 aliphatic rings. The van der Waals surface area contributed by atoms with Crippen LogP contribution in [0.3, 0.4) is 0 Å². The van der Waals surface area contributed by atoms with Crippen molar-refractivity contribution in [2.75, 3.05) is 55.9 Å². The van der Waals surface area contributed by atoms with Gasteiger partial charge in [-0.1, -0.05) is 32.6 Å². The fourth-order valence-electron chi connectivity index (χ4n) is 4.93. The highest BCUT2D eigenvalue weighted by Gasteiger charge is 2.26. The van der Waals surface area contributed by atoms with Gasteiger partial charge in [0.15, 0.2) is 0 Å². The third-order valence-corrected chi connectivity index (χ3v) is 7.03. The fraction of sp³-hybridized carbons (Fsp3) is 0.355. The van der Waals surface area contributed by atoms with Crippen LogP contribution < -0.4 is 25.6 Å². The maximum atomic E-state index is 12.4. The number of aromatic nitrogens is 2. The zero-order valence-corrected chi connectivity index (χ0v) is 24.5. The van der Waals surface area contributed by atoms with Crippen molar-refractivity contribution in [2.45, 2.75) is 32.7 Å². The first kappa shape index (κ1) is 31.1. The standard InChI is InChI=1S/C31H42N8O2/c1-6-31(40)37-26-19-27(29(41-5)21-28(26)39-17-13-24(14-18-39)38(7-2)8-3)36-30-20-25(34-22-35-30)23(12-16-33-4)11-9-10-15-32/h6,9-12,15-16,19-22,24,32-33H,1,7-8,13-14,17-18H2,2-5H3,(H,37,40)(H,34,35,36)/b10-9+,16-12+,23-11+,32-15?. The van der Waals surface area contributed by atoms with Crippen molar-refractivity contribution in [1.29, 1.82) is 5.41 Å². The molecule has 1 aromatic heterocycles. The number of benzene rings is 1. The van der Waals surface area contributed by atoms with Crippen LogP contribution in [0.4, 0.5) is 22.9 Å². The summed E-state index contributed by atoms with van der Waals surface area (Å²) in [5.41, 5.74) is 3.75. The molecule has 0 bridgehead atoms. The van der Waals surface area contributed by atoms with E-state index in [1.165, 1.54) is 18.6 Å². The summed E-state index contributed by atoms with van der Waals surface area (Å²) in [6, 6.07) is 6.23. The molecular weight excluding hydrogens is 516 g/mol. The fourth-order valence-corrected chi connectivity index (χ4v) is 4.93. The van der Waals surface area contributed by atoms with Gasteiger partial charge in [-0.3, -0.25) is 4.79 Å². The molecule has 41 heavy (non-hydrogen) atoms. The number of nitrogens with zero attached hydrogens (tertiary/aromatic N) is 4. The topological polar surface area (TPSA) is 118 Å². The summed E-state index contributed by atoms with van der Waals surface area (Å²) < 4.78 is 5.79. The Hall–Kier alpha value is -4.44. The number of piperidine rings is 1. The van der Waals surface area contributed by atoms with E-state index in [0.29, 0.717) is 34.7 Å². The number of hydrogen-bond acceptors (Lipinski definition) is 9. The average Bonchev–Trinajstić information content (AvgIpc) is 3.00. The summed E-state index contributed by atoms with van der Waals surface area (Å²) in [6.07, 6.45) is 15.0. The molecule has 0 radical (unpaired) electrons. The molecule has 0 atom stereocenters. The number of methoxy groups -OCH3 is 1. The lowest BCUT2D eigenvalue weighted by atomic mass is 10.0. The third-order valence-electron chi connectivity index (χ3n) is 7.03. The molecule has 1 aromatic carbocycles.